The number of rotatable bonds is 5. The molecular weight excluding hydrogens is 411 g/mol. The number of methoxy groups -OCH3 is 1. The fourth-order valence-corrected chi connectivity index (χ4v) is 6.50. The Labute approximate surface area is 189 Å². The van der Waals surface area contributed by atoms with Crippen molar-refractivity contribution < 1.29 is 33.4 Å². The van der Waals surface area contributed by atoms with E-state index in [2.05, 4.69) is 20.8 Å². The predicted molar refractivity (Wildman–Crippen MR) is 118 cm³/mol. The van der Waals surface area contributed by atoms with Crippen LogP contribution in [0.2, 0.25) is 6.32 Å². The number of carbonyl (C=O) groups excluding carboxylic acids is 1. The monoisotopic (exact) mass is 444 g/mol. The minimum atomic E-state index is -1.11. The van der Waals surface area contributed by atoms with Gasteiger partial charge in [-0.1, -0.05) is 19.9 Å². The fourth-order valence-electron chi connectivity index (χ4n) is 6.50. The first kappa shape index (κ1) is 22.0. The molecule has 3 saturated carbocycles. The first-order valence-electron chi connectivity index (χ1n) is 11.6. The summed E-state index contributed by atoms with van der Waals surface area (Å²) in [6.45, 7) is 10.1. The molecule has 5 atom stereocenters. The maximum Gasteiger partial charge on any atom is 0.458 e. The third-order valence-electron chi connectivity index (χ3n) is 8.40. The van der Waals surface area contributed by atoms with Crippen LogP contribution in [-0.4, -0.2) is 49.4 Å². The van der Waals surface area contributed by atoms with Crippen LogP contribution in [0.3, 0.4) is 0 Å². The second-order valence-electron chi connectivity index (χ2n) is 11.0. The van der Waals surface area contributed by atoms with Crippen molar-refractivity contribution in [3.63, 3.8) is 0 Å². The molecule has 8 heteroatoms. The van der Waals surface area contributed by atoms with E-state index in [1.807, 2.05) is 6.07 Å². The van der Waals surface area contributed by atoms with E-state index in [0.717, 1.165) is 12.0 Å². The number of cyclic esters (lactones) is 1. The molecule has 174 valence electrons. The lowest BCUT2D eigenvalue weighted by Crippen LogP contribution is -2.65. The molecule has 0 spiro atoms. The Morgan fingerprint density at radius 1 is 1.19 bits per heavy atom. The first-order chi connectivity index (χ1) is 15.0. The van der Waals surface area contributed by atoms with Crippen LogP contribution in [0.25, 0.3) is 0 Å². The van der Waals surface area contributed by atoms with Gasteiger partial charge in [-0.05, 0) is 49.4 Å². The van der Waals surface area contributed by atoms with Gasteiger partial charge in [0.15, 0.2) is 0 Å². The maximum absolute atomic E-state index is 12.7. The summed E-state index contributed by atoms with van der Waals surface area (Å²) in [7, 11) is 1.08. The summed E-state index contributed by atoms with van der Waals surface area (Å²) in [6, 6.07) is 3.56. The van der Waals surface area contributed by atoms with E-state index in [9.17, 15) is 9.90 Å². The van der Waals surface area contributed by atoms with E-state index in [1.165, 1.54) is 13.5 Å². The third-order valence-corrected chi connectivity index (χ3v) is 8.40. The van der Waals surface area contributed by atoms with Crippen LogP contribution >= 0.6 is 0 Å². The van der Waals surface area contributed by atoms with Gasteiger partial charge >= 0.3 is 13.1 Å². The summed E-state index contributed by atoms with van der Waals surface area (Å²) < 4.78 is 29.8. The van der Waals surface area contributed by atoms with Crippen molar-refractivity contribution in [1.29, 1.82) is 0 Å². The molecule has 2 heterocycles. The van der Waals surface area contributed by atoms with Crippen LogP contribution in [0.4, 0.5) is 0 Å². The molecule has 7 nitrogen and oxygen atoms in total. The molecule has 2 bridgehead atoms. The second-order valence-corrected chi connectivity index (χ2v) is 11.0. The maximum atomic E-state index is 12.7. The van der Waals surface area contributed by atoms with Gasteiger partial charge in [0.1, 0.15) is 17.1 Å². The average molecular weight is 444 g/mol. The molecule has 0 amide bonds. The van der Waals surface area contributed by atoms with Crippen LogP contribution in [0.5, 0.6) is 11.5 Å². The number of ether oxygens (including phenoxy) is 3. The molecular formula is C24H33BO7. The van der Waals surface area contributed by atoms with Crippen molar-refractivity contribution in [2.75, 3.05) is 13.7 Å². The van der Waals surface area contributed by atoms with Gasteiger partial charge < -0.3 is 28.6 Å². The summed E-state index contributed by atoms with van der Waals surface area (Å²) in [5.41, 5.74) is 0.948. The highest BCUT2D eigenvalue weighted by Gasteiger charge is 2.67. The summed E-state index contributed by atoms with van der Waals surface area (Å²) in [5.74, 6) is -0.000415. The Bertz CT molecular complexity index is 945. The van der Waals surface area contributed by atoms with Crippen molar-refractivity contribution in [3.8, 4) is 11.5 Å². The van der Waals surface area contributed by atoms with Crippen molar-refractivity contribution in [2.45, 2.75) is 77.2 Å². The lowest BCUT2D eigenvalue weighted by atomic mass is 9.43. The Morgan fingerprint density at radius 3 is 2.59 bits per heavy atom. The summed E-state index contributed by atoms with van der Waals surface area (Å²) in [5, 5.41) is 10.3. The van der Waals surface area contributed by atoms with Crippen molar-refractivity contribution in [1.82, 2.24) is 0 Å². The SMILES string of the molecule is COc1ccc(C(CO)CB2OC3CC4CC(C4(C)C)[C@]3(C)O2)c2c1C(=O)OC(C)(C)O2. The Morgan fingerprint density at radius 2 is 1.94 bits per heavy atom. The Balaban J connectivity index is 1.42. The van der Waals surface area contributed by atoms with Crippen LogP contribution in [-0.2, 0) is 14.0 Å². The largest absolute Gasteiger partial charge is 0.496 e. The number of benzene rings is 1. The molecule has 4 fully saturated rings. The molecule has 32 heavy (non-hydrogen) atoms. The van der Waals surface area contributed by atoms with Crippen molar-refractivity contribution in [2.24, 2.45) is 17.3 Å². The molecule has 1 aromatic rings. The van der Waals surface area contributed by atoms with E-state index >= 15 is 0 Å². The van der Waals surface area contributed by atoms with E-state index in [4.69, 9.17) is 23.5 Å². The lowest BCUT2D eigenvalue weighted by molar-refractivity contribution is -0.199. The highest BCUT2D eigenvalue weighted by Crippen LogP contribution is 2.66. The van der Waals surface area contributed by atoms with Crippen LogP contribution in [0, 0.1) is 17.3 Å². The Kier molecular flexibility index (Phi) is 4.90. The van der Waals surface area contributed by atoms with Gasteiger partial charge in [0.05, 0.1) is 18.8 Å². The van der Waals surface area contributed by atoms with Crippen molar-refractivity contribution >= 4 is 13.1 Å². The fraction of sp³-hybridized carbons (Fsp3) is 0.708. The van der Waals surface area contributed by atoms with Gasteiger partial charge in [-0.2, -0.15) is 0 Å². The Hall–Kier alpha value is -1.77. The molecule has 0 radical (unpaired) electrons. The smallest absolute Gasteiger partial charge is 0.458 e. The third kappa shape index (κ3) is 3.10. The molecule has 6 rings (SSSR count). The zero-order valence-electron chi connectivity index (χ0n) is 19.8. The first-order valence-corrected chi connectivity index (χ1v) is 11.6. The molecule has 3 aliphatic carbocycles. The highest BCUT2D eigenvalue weighted by atomic mass is 16.7. The van der Waals surface area contributed by atoms with Gasteiger partial charge in [-0.3, -0.25) is 0 Å². The number of fused-ring (bicyclic) bond motifs is 1. The molecule has 1 aromatic carbocycles. The minimum Gasteiger partial charge on any atom is -0.496 e. The summed E-state index contributed by atoms with van der Waals surface area (Å²) >= 11 is 0. The highest BCUT2D eigenvalue weighted by molar-refractivity contribution is 6.45. The van der Waals surface area contributed by atoms with Gasteiger partial charge in [-0.15, -0.1) is 0 Å². The number of esters is 1. The van der Waals surface area contributed by atoms with E-state index in [0.29, 0.717) is 29.7 Å². The molecule has 4 unspecified atom stereocenters. The zero-order chi connectivity index (χ0) is 23.1. The van der Waals surface area contributed by atoms with Gasteiger partial charge in [0, 0.05) is 31.9 Å². The number of carbonyl (C=O) groups is 1. The van der Waals surface area contributed by atoms with E-state index in [1.54, 1.807) is 19.9 Å². The summed E-state index contributed by atoms with van der Waals surface area (Å²) in [4.78, 5) is 12.7. The van der Waals surface area contributed by atoms with Gasteiger partial charge in [-0.25, -0.2) is 4.79 Å². The van der Waals surface area contributed by atoms with Crippen LogP contribution in [0.15, 0.2) is 12.1 Å². The minimum absolute atomic E-state index is 0.0820. The predicted octanol–water partition coefficient (Wildman–Crippen LogP) is 3.78. The number of hydrogen-bond acceptors (Lipinski definition) is 7. The van der Waals surface area contributed by atoms with Gasteiger partial charge in [0.25, 0.3) is 0 Å². The number of aliphatic hydroxyl groups excluding tert-OH is 1. The van der Waals surface area contributed by atoms with Crippen molar-refractivity contribution in [3.05, 3.63) is 23.3 Å². The number of hydrogen-bond donors (Lipinski definition) is 1. The van der Waals surface area contributed by atoms with Crippen LogP contribution < -0.4 is 9.47 Å². The molecule has 1 N–H and O–H groups in total. The second kappa shape index (κ2) is 7.11. The number of aliphatic hydroxyl groups is 1. The topological polar surface area (TPSA) is 83.5 Å². The standard InChI is InChI=1S/C24H33BO7/c1-22(2)14-9-17(22)24(5)18(10-14)31-25(32-24)11-13(12-26)15-7-8-16(28-6)19-20(15)29-23(3,4)30-21(19)27/h7-8,13-14,17-18,26H,9-12H2,1-6H3/t13?,14?,17?,18?,24-/m0/s1. The molecule has 0 aromatic heterocycles. The van der Waals surface area contributed by atoms with Crippen LogP contribution in [0.1, 0.15) is 69.3 Å². The zero-order valence-corrected chi connectivity index (χ0v) is 19.8. The molecule has 1 saturated heterocycles. The summed E-state index contributed by atoms with van der Waals surface area (Å²) in [6.07, 6.45) is 2.76. The molecule has 5 aliphatic rings. The van der Waals surface area contributed by atoms with Gasteiger partial charge in [0.2, 0.25) is 5.79 Å². The van der Waals surface area contributed by atoms with E-state index < -0.39 is 18.9 Å². The lowest BCUT2D eigenvalue weighted by Gasteiger charge is -2.64. The quantitative estimate of drug-likeness (QED) is 0.547. The molecule has 2 aliphatic heterocycles. The van der Waals surface area contributed by atoms with E-state index in [-0.39, 0.29) is 35.2 Å². The average Bonchev–Trinajstić information content (AvgIpc) is 3.05. The normalized spacial score (nSPS) is 34.5.